The number of ketones is 2. The summed E-state index contributed by atoms with van der Waals surface area (Å²) < 4.78 is 5.39. The third-order valence-corrected chi connectivity index (χ3v) is 5.59. The van der Waals surface area contributed by atoms with Crippen molar-refractivity contribution >= 4 is 11.6 Å². The Balaban J connectivity index is 1.75. The Morgan fingerprint density at radius 1 is 1.13 bits per heavy atom. The van der Waals surface area contributed by atoms with E-state index in [1.165, 1.54) is 0 Å². The fourth-order valence-electron chi connectivity index (χ4n) is 4.12. The maximum atomic E-state index is 13.1. The van der Waals surface area contributed by atoms with Crippen LogP contribution in [0.3, 0.4) is 0 Å². The maximum Gasteiger partial charge on any atom is 0.154 e. The summed E-state index contributed by atoms with van der Waals surface area (Å²) in [5, 5.41) is 0. The third kappa shape index (κ3) is 2.39. The summed E-state index contributed by atoms with van der Waals surface area (Å²) in [6.45, 7) is 1.13. The van der Waals surface area contributed by atoms with Gasteiger partial charge in [-0.1, -0.05) is 6.07 Å². The lowest BCUT2D eigenvalue weighted by atomic mass is 9.76. The Kier molecular flexibility index (Phi) is 3.50. The number of rotatable bonds is 3. The zero-order valence-corrected chi connectivity index (χ0v) is 13.0. The molecule has 5 heteroatoms. The minimum absolute atomic E-state index is 0.0352. The molecule has 1 saturated heterocycles. The second-order valence-electron chi connectivity index (χ2n) is 7.02. The molecule has 4 rings (SSSR count). The average molecular weight is 315 g/mol. The van der Waals surface area contributed by atoms with Gasteiger partial charge in [0.1, 0.15) is 17.5 Å². The molecular formula is C18H21NO4. The predicted octanol–water partition coefficient (Wildman–Crippen LogP) is 2.24. The fraction of sp³-hybridized carbons (Fsp3) is 0.556. The zero-order chi connectivity index (χ0) is 16.0. The molecule has 1 aromatic carbocycles. The number of hydrogen-bond acceptors (Lipinski definition) is 5. The number of hydrogen-bond donors (Lipinski definition) is 1. The summed E-state index contributed by atoms with van der Waals surface area (Å²) >= 11 is 0. The van der Waals surface area contributed by atoms with Crippen LogP contribution in [0.15, 0.2) is 18.2 Å². The van der Waals surface area contributed by atoms with Crippen LogP contribution >= 0.6 is 0 Å². The molecule has 2 aliphatic carbocycles. The van der Waals surface area contributed by atoms with Crippen molar-refractivity contribution in [1.29, 1.82) is 0 Å². The van der Waals surface area contributed by atoms with Gasteiger partial charge in [-0.3, -0.25) is 9.59 Å². The van der Waals surface area contributed by atoms with Crippen LogP contribution in [-0.2, 0) is 14.3 Å². The van der Waals surface area contributed by atoms with Crippen molar-refractivity contribution in [3.05, 3.63) is 29.3 Å². The summed E-state index contributed by atoms with van der Waals surface area (Å²) in [4.78, 5) is 30.7. The fourth-order valence-corrected chi connectivity index (χ4v) is 4.12. The van der Waals surface area contributed by atoms with E-state index >= 15 is 0 Å². The van der Waals surface area contributed by atoms with Crippen molar-refractivity contribution in [2.24, 2.45) is 11.3 Å². The predicted molar refractivity (Wildman–Crippen MR) is 83.1 cm³/mol. The van der Waals surface area contributed by atoms with Gasteiger partial charge in [-0.25, -0.2) is 0 Å². The van der Waals surface area contributed by atoms with Crippen LogP contribution in [0.5, 0.6) is 5.75 Å². The van der Waals surface area contributed by atoms with Crippen molar-refractivity contribution in [3.63, 3.8) is 0 Å². The maximum absolute atomic E-state index is 13.1. The van der Waals surface area contributed by atoms with E-state index in [2.05, 4.69) is 0 Å². The van der Waals surface area contributed by atoms with Crippen molar-refractivity contribution in [3.8, 4) is 5.75 Å². The van der Waals surface area contributed by atoms with Crippen LogP contribution in [0, 0.1) is 5.41 Å². The van der Waals surface area contributed by atoms with E-state index < -0.39 is 11.3 Å². The summed E-state index contributed by atoms with van der Waals surface area (Å²) in [5.41, 5.74) is 1.41. The van der Waals surface area contributed by atoms with Gasteiger partial charge in [0, 0.05) is 25.0 Å². The molecule has 5 nitrogen and oxygen atoms in total. The molecule has 1 aromatic rings. The molecule has 1 unspecified atom stereocenters. The van der Waals surface area contributed by atoms with Crippen LogP contribution in [-0.4, -0.2) is 24.8 Å². The highest BCUT2D eigenvalue weighted by Crippen LogP contribution is 2.51. The van der Waals surface area contributed by atoms with Gasteiger partial charge in [-0.2, -0.15) is 5.90 Å². The highest BCUT2D eigenvalue weighted by molar-refractivity contribution is 6.16. The molecule has 122 valence electrons. The van der Waals surface area contributed by atoms with Crippen LogP contribution in [0.25, 0.3) is 0 Å². The lowest BCUT2D eigenvalue weighted by molar-refractivity contribution is -0.131. The van der Waals surface area contributed by atoms with E-state index in [1.54, 1.807) is 6.07 Å². The molecule has 0 bridgehead atoms. The normalized spacial score (nSPS) is 26.7. The molecule has 2 saturated carbocycles. The van der Waals surface area contributed by atoms with Gasteiger partial charge in [0.05, 0.1) is 0 Å². The molecule has 0 aromatic heterocycles. The van der Waals surface area contributed by atoms with Crippen molar-refractivity contribution in [2.75, 3.05) is 13.2 Å². The van der Waals surface area contributed by atoms with E-state index in [4.69, 9.17) is 15.5 Å². The molecular weight excluding hydrogens is 294 g/mol. The van der Waals surface area contributed by atoms with Gasteiger partial charge in [-0.15, -0.1) is 0 Å². The second kappa shape index (κ2) is 5.42. The van der Waals surface area contributed by atoms with Gasteiger partial charge < -0.3 is 9.57 Å². The smallest absolute Gasteiger partial charge is 0.154 e. The van der Waals surface area contributed by atoms with Crippen LogP contribution in [0.1, 0.15) is 55.1 Å². The lowest BCUT2D eigenvalue weighted by Crippen LogP contribution is -2.34. The van der Waals surface area contributed by atoms with Gasteiger partial charge in [-0.05, 0) is 54.9 Å². The van der Waals surface area contributed by atoms with E-state index in [0.29, 0.717) is 44.1 Å². The van der Waals surface area contributed by atoms with Crippen LogP contribution in [0.2, 0.25) is 0 Å². The zero-order valence-electron chi connectivity index (χ0n) is 13.0. The first-order valence-corrected chi connectivity index (χ1v) is 8.30. The van der Waals surface area contributed by atoms with E-state index in [-0.39, 0.29) is 11.6 Å². The quantitative estimate of drug-likeness (QED) is 0.683. The lowest BCUT2D eigenvalue weighted by Gasteiger charge is -2.31. The molecule has 1 aliphatic heterocycles. The van der Waals surface area contributed by atoms with E-state index in [1.807, 2.05) is 12.1 Å². The number of carbonyl (C=O) groups excluding carboxylic acids is 2. The summed E-state index contributed by atoms with van der Waals surface area (Å²) in [6.07, 6.45) is 3.88. The molecule has 1 atom stereocenters. The van der Waals surface area contributed by atoms with Crippen LogP contribution in [0.4, 0.5) is 0 Å². The average Bonchev–Trinajstić information content (AvgIpc) is 3.37. The summed E-state index contributed by atoms with van der Waals surface area (Å²) in [6, 6.07) is 5.56. The highest BCUT2D eigenvalue weighted by atomic mass is 16.6. The van der Waals surface area contributed by atoms with Crippen molar-refractivity contribution < 1.29 is 19.2 Å². The van der Waals surface area contributed by atoms with Crippen molar-refractivity contribution in [1.82, 2.24) is 0 Å². The molecule has 23 heavy (non-hydrogen) atoms. The van der Waals surface area contributed by atoms with Gasteiger partial charge >= 0.3 is 0 Å². The Bertz CT molecular complexity index is 659. The summed E-state index contributed by atoms with van der Waals surface area (Å²) in [5.74, 6) is 5.69. The molecule has 0 amide bonds. The number of nitrogens with two attached hydrogens (primary N) is 1. The minimum atomic E-state index is -0.654. The largest absolute Gasteiger partial charge is 0.412 e. The Hall–Kier alpha value is -1.72. The number of ether oxygens (including phenoxy) is 1. The Morgan fingerprint density at radius 2 is 1.87 bits per heavy atom. The highest BCUT2D eigenvalue weighted by Gasteiger charge is 2.54. The van der Waals surface area contributed by atoms with Crippen molar-refractivity contribution in [2.45, 2.75) is 43.9 Å². The molecule has 0 radical (unpaired) electrons. The van der Waals surface area contributed by atoms with Crippen LogP contribution < -0.4 is 10.7 Å². The Labute approximate surface area is 135 Å². The molecule has 1 spiro atoms. The van der Waals surface area contributed by atoms with E-state index in [9.17, 15) is 9.59 Å². The number of carbonyl (C=O) groups is 2. The monoisotopic (exact) mass is 315 g/mol. The first-order valence-electron chi connectivity index (χ1n) is 8.30. The molecule has 3 aliphatic rings. The summed E-state index contributed by atoms with van der Waals surface area (Å²) in [7, 11) is 0. The number of Topliss-reactive ketones (excluding diaryl/α,β-unsaturated/α-hetero) is 2. The SMILES string of the molecule is NOc1ccc(C2CC2)c(C2C(=O)CC3(CCOCC3)C2=O)c1. The van der Waals surface area contributed by atoms with Gasteiger partial charge in [0.15, 0.2) is 5.78 Å². The van der Waals surface area contributed by atoms with Gasteiger partial charge in [0.2, 0.25) is 0 Å². The minimum Gasteiger partial charge on any atom is -0.412 e. The topological polar surface area (TPSA) is 78.6 Å². The molecule has 3 fully saturated rings. The van der Waals surface area contributed by atoms with E-state index in [0.717, 1.165) is 24.0 Å². The Morgan fingerprint density at radius 3 is 2.52 bits per heavy atom. The van der Waals surface area contributed by atoms with Gasteiger partial charge in [0.25, 0.3) is 0 Å². The second-order valence-corrected chi connectivity index (χ2v) is 7.02. The first kappa shape index (κ1) is 14.8. The first-order chi connectivity index (χ1) is 11.1. The molecule has 1 heterocycles. The standard InChI is InChI=1S/C18H21NO4/c19-23-12-3-4-13(11-1-2-11)14(9-12)16-15(20)10-18(17(16)21)5-7-22-8-6-18/h3-4,9,11,16H,1-2,5-8,10,19H2. The number of benzene rings is 1. The third-order valence-electron chi connectivity index (χ3n) is 5.59. The molecule has 2 N–H and O–H groups in total.